The van der Waals surface area contributed by atoms with Crippen LogP contribution in [0.1, 0.15) is 63.9 Å². The first kappa shape index (κ1) is 18.4. The number of carbonyl (C=O) groups excluding carboxylic acids is 3. The number of esters is 1. The maximum absolute atomic E-state index is 13.3. The van der Waals surface area contributed by atoms with E-state index in [1.807, 2.05) is 38.1 Å². The number of hydrogen-bond donors (Lipinski definition) is 0. The highest BCUT2D eigenvalue weighted by Crippen LogP contribution is 2.53. The van der Waals surface area contributed by atoms with Crippen molar-refractivity contribution in [2.75, 3.05) is 0 Å². The lowest BCUT2D eigenvalue weighted by Gasteiger charge is -2.46. The Morgan fingerprint density at radius 1 is 1.15 bits per heavy atom. The Hall–Kier alpha value is -2.43. The summed E-state index contributed by atoms with van der Waals surface area (Å²) < 4.78 is 7.43. The van der Waals surface area contributed by atoms with Crippen LogP contribution in [0.3, 0.4) is 0 Å². The lowest BCUT2D eigenvalue weighted by Crippen LogP contribution is -2.54. The van der Waals surface area contributed by atoms with Crippen molar-refractivity contribution in [3.05, 3.63) is 36.0 Å². The molecular formula is C21H25NO4. The Labute approximate surface area is 153 Å². The summed E-state index contributed by atoms with van der Waals surface area (Å²) in [6.07, 6.45) is 2.14. The van der Waals surface area contributed by atoms with Crippen LogP contribution in [0.4, 0.5) is 0 Å². The van der Waals surface area contributed by atoms with Crippen LogP contribution in [0.5, 0.6) is 0 Å². The predicted octanol–water partition coefficient (Wildman–Crippen LogP) is 4.30. The molecular weight excluding hydrogens is 330 g/mol. The van der Waals surface area contributed by atoms with Crippen LogP contribution in [-0.2, 0) is 14.3 Å². The summed E-state index contributed by atoms with van der Waals surface area (Å²) in [5.74, 6) is -0.722. The maximum Gasteiger partial charge on any atom is 0.319 e. The molecule has 0 bridgehead atoms. The van der Waals surface area contributed by atoms with Gasteiger partial charge in [-0.25, -0.2) is 0 Å². The standard InChI is InChI=1S/C21H25NO4/c1-6-21(7-2)17(26-19(25)20(4,5)18(21)24)15-12-22(13(3)23)16-11-9-8-10-14(15)16/h8-12,17H,6-7H2,1-5H3. The number of cyclic esters (lactones) is 1. The van der Waals surface area contributed by atoms with Crippen LogP contribution < -0.4 is 0 Å². The third-order valence-electron chi connectivity index (χ3n) is 5.88. The topological polar surface area (TPSA) is 65.4 Å². The lowest BCUT2D eigenvalue weighted by atomic mass is 9.62. The molecule has 0 saturated carbocycles. The van der Waals surface area contributed by atoms with E-state index in [1.54, 1.807) is 24.6 Å². The first-order valence-corrected chi connectivity index (χ1v) is 9.07. The number of ether oxygens (including phenoxy) is 1. The van der Waals surface area contributed by atoms with Gasteiger partial charge in [0.05, 0.1) is 10.9 Å². The Morgan fingerprint density at radius 2 is 1.77 bits per heavy atom. The molecule has 0 amide bonds. The molecule has 1 fully saturated rings. The van der Waals surface area contributed by atoms with Gasteiger partial charge in [-0.2, -0.15) is 0 Å². The van der Waals surface area contributed by atoms with Crippen LogP contribution in [0, 0.1) is 10.8 Å². The molecule has 1 aromatic carbocycles. The van der Waals surface area contributed by atoms with Gasteiger partial charge in [-0.1, -0.05) is 32.0 Å². The number of rotatable bonds is 3. The van der Waals surface area contributed by atoms with Crippen LogP contribution in [0.2, 0.25) is 0 Å². The van der Waals surface area contributed by atoms with Gasteiger partial charge in [0.25, 0.3) is 0 Å². The third kappa shape index (κ3) is 2.33. The minimum atomic E-state index is -1.17. The van der Waals surface area contributed by atoms with Gasteiger partial charge in [-0.15, -0.1) is 0 Å². The zero-order valence-corrected chi connectivity index (χ0v) is 16.0. The summed E-state index contributed by atoms with van der Waals surface area (Å²) >= 11 is 0. The van der Waals surface area contributed by atoms with E-state index in [-0.39, 0.29) is 11.7 Å². The van der Waals surface area contributed by atoms with Gasteiger partial charge in [-0.3, -0.25) is 19.0 Å². The molecule has 5 heteroatoms. The van der Waals surface area contributed by atoms with Crippen molar-refractivity contribution < 1.29 is 19.1 Å². The van der Waals surface area contributed by atoms with Crippen LogP contribution in [-0.4, -0.2) is 22.2 Å². The summed E-state index contributed by atoms with van der Waals surface area (Å²) in [4.78, 5) is 38.0. The SMILES string of the molecule is CCC1(CC)C(=O)C(C)(C)C(=O)OC1c1cn(C(C)=O)c2ccccc12. The average Bonchev–Trinajstić information content (AvgIpc) is 3.00. The highest BCUT2D eigenvalue weighted by molar-refractivity contribution is 6.08. The molecule has 138 valence electrons. The minimum absolute atomic E-state index is 0.0871. The molecule has 2 heterocycles. The monoisotopic (exact) mass is 355 g/mol. The van der Waals surface area contributed by atoms with E-state index in [0.717, 1.165) is 16.5 Å². The van der Waals surface area contributed by atoms with Gasteiger partial charge in [0.1, 0.15) is 11.5 Å². The number of hydrogen-bond acceptors (Lipinski definition) is 4. The van der Waals surface area contributed by atoms with Gasteiger partial charge in [-0.05, 0) is 32.8 Å². The fourth-order valence-corrected chi connectivity index (χ4v) is 4.18. The van der Waals surface area contributed by atoms with Gasteiger partial charge in [0.2, 0.25) is 5.91 Å². The quantitative estimate of drug-likeness (QED) is 0.608. The molecule has 1 atom stereocenters. The number of benzene rings is 1. The fraction of sp³-hybridized carbons (Fsp3) is 0.476. The number of para-hydroxylation sites is 1. The zero-order valence-electron chi connectivity index (χ0n) is 16.0. The average molecular weight is 355 g/mol. The second-order valence-corrected chi connectivity index (χ2v) is 7.59. The lowest BCUT2D eigenvalue weighted by molar-refractivity contribution is -0.190. The largest absolute Gasteiger partial charge is 0.456 e. The number of ketones is 1. The van der Waals surface area contributed by atoms with Crippen molar-refractivity contribution in [1.29, 1.82) is 0 Å². The van der Waals surface area contributed by atoms with Crippen molar-refractivity contribution in [2.24, 2.45) is 10.8 Å². The van der Waals surface area contributed by atoms with Gasteiger partial charge < -0.3 is 4.74 Å². The van der Waals surface area contributed by atoms with Gasteiger partial charge >= 0.3 is 5.97 Å². The molecule has 1 aliphatic heterocycles. The van der Waals surface area contributed by atoms with E-state index in [2.05, 4.69) is 0 Å². The highest BCUT2D eigenvalue weighted by atomic mass is 16.5. The van der Waals surface area contributed by atoms with Crippen molar-refractivity contribution in [3.63, 3.8) is 0 Å². The van der Waals surface area contributed by atoms with Gasteiger partial charge in [0, 0.05) is 24.1 Å². The number of Topliss-reactive ketones (excluding diaryl/α,β-unsaturated/α-hetero) is 1. The van der Waals surface area contributed by atoms with E-state index in [9.17, 15) is 14.4 Å². The summed E-state index contributed by atoms with van der Waals surface area (Å²) in [7, 11) is 0. The van der Waals surface area contributed by atoms with E-state index in [1.165, 1.54) is 6.92 Å². The second kappa shape index (κ2) is 6.08. The molecule has 0 aliphatic carbocycles. The molecule has 1 saturated heterocycles. The molecule has 0 spiro atoms. The molecule has 1 aliphatic rings. The first-order chi connectivity index (χ1) is 12.2. The highest BCUT2D eigenvalue weighted by Gasteiger charge is 2.59. The summed E-state index contributed by atoms with van der Waals surface area (Å²) in [5, 5.41) is 0.833. The molecule has 1 unspecified atom stereocenters. The summed E-state index contributed by atoms with van der Waals surface area (Å²) in [6, 6.07) is 7.50. The third-order valence-corrected chi connectivity index (χ3v) is 5.88. The Bertz CT molecular complexity index is 902. The van der Waals surface area contributed by atoms with E-state index in [0.29, 0.717) is 12.8 Å². The number of carbonyl (C=O) groups is 3. The molecule has 26 heavy (non-hydrogen) atoms. The van der Waals surface area contributed by atoms with Crippen LogP contribution >= 0.6 is 0 Å². The van der Waals surface area contributed by atoms with E-state index in [4.69, 9.17) is 4.74 Å². The maximum atomic E-state index is 13.3. The summed E-state index contributed by atoms with van der Waals surface area (Å²) in [5.41, 5.74) is -0.494. The van der Waals surface area contributed by atoms with Crippen LogP contribution in [0.15, 0.2) is 30.5 Å². The Kier molecular flexibility index (Phi) is 4.29. The van der Waals surface area contributed by atoms with Crippen molar-refractivity contribution in [2.45, 2.75) is 53.6 Å². The summed E-state index contributed by atoms with van der Waals surface area (Å²) in [6.45, 7) is 8.66. The molecule has 5 nitrogen and oxygen atoms in total. The van der Waals surface area contributed by atoms with Crippen molar-refractivity contribution >= 4 is 28.6 Å². The van der Waals surface area contributed by atoms with Crippen molar-refractivity contribution in [3.8, 4) is 0 Å². The van der Waals surface area contributed by atoms with E-state index < -0.39 is 22.9 Å². The Balaban J connectivity index is 2.28. The normalized spacial score (nSPS) is 21.7. The van der Waals surface area contributed by atoms with Gasteiger partial charge in [0.15, 0.2) is 5.78 Å². The molecule has 3 rings (SSSR count). The smallest absolute Gasteiger partial charge is 0.319 e. The van der Waals surface area contributed by atoms with Crippen molar-refractivity contribution in [1.82, 2.24) is 4.57 Å². The fourth-order valence-electron chi connectivity index (χ4n) is 4.18. The number of fused-ring (bicyclic) bond motifs is 1. The zero-order chi connectivity index (χ0) is 19.3. The van der Waals surface area contributed by atoms with Crippen LogP contribution in [0.25, 0.3) is 10.9 Å². The molecule has 0 N–H and O–H groups in total. The second-order valence-electron chi connectivity index (χ2n) is 7.59. The number of nitrogens with zero attached hydrogens (tertiary/aromatic N) is 1. The molecule has 2 aromatic rings. The first-order valence-electron chi connectivity index (χ1n) is 9.07. The predicted molar refractivity (Wildman–Crippen MR) is 98.9 cm³/mol. The number of aromatic nitrogens is 1. The molecule has 0 radical (unpaired) electrons. The Morgan fingerprint density at radius 3 is 2.35 bits per heavy atom. The minimum Gasteiger partial charge on any atom is -0.456 e. The molecule has 1 aromatic heterocycles. The van der Waals surface area contributed by atoms with E-state index >= 15 is 0 Å².